The van der Waals surface area contributed by atoms with Crippen molar-refractivity contribution in [1.82, 2.24) is 20.1 Å². The highest BCUT2D eigenvalue weighted by molar-refractivity contribution is 5.70. The fourth-order valence-corrected chi connectivity index (χ4v) is 2.80. The van der Waals surface area contributed by atoms with Crippen molar-refractivity contribution in [3.05, 3.63) is 12.2 Å². The summed E-state index contributed by atoms with van der Waals surface area (Å²) in [6.07, 6.45) is 5.44. The quantitative estimate of drug-likeness (QED) is 0.777. The van der Waals surface area contributed by atoms with Gasteiger partial charge in [-0.15, -0.1) is 0 Å². The van der Waals surface area contributed by atoms with Crippen molar-refractivity contribution in [2.75, 3.05) is 6.54 Å². The largest absolute Gasteiger partial charge is 0.481 e. The third kappa shape index (κ3) is 3.53. The number of aliphatic carboxylic acids is 1. The summed E-state index contributed by atoms with van der Waals surface area (Å²) in [4.78, 5) is 15.3. The minimum Gasteiger partial charge on any atom is -0.481 e. The number of carbonyl (C=O) groups is 1. The second kappa shape index (κ2) is 6.65. The Morgan fingerprint density at radius 2 is 2.42 bits per heavy atom. The summed E-state index contributed by atoms with van der Waals surface area (Å²) in [7, 11) is 0. The van der Waals surface area contributed by atoms with Gasteiger partial charge < -0.3 is 10.4 Å². The van der Waals surface area contributed by atoms with Crippen molar-refractivity contribution < 1.29 is 9.90 Å². The molecule has 2 unspecified atom stereocenters. The van der Waals surface area contributed by atoms with Crippen molar-refractivity contribution in [2.45, 2.75) is 45.7 Å². The number of aromatic nitrogens is 3. The molecule has 1 aliphatic rings. The summed E-state index contributed by atoms with van der Waals surface area (Å²) in [6, 6.07) is 0. The van der Waals surface area contributed by atoms with Crippen LogP contribution in [0.15, 0.2) is 6.33 Å². The van der Waals surface area contributed by atoms with Gasteiger partial charge in [0.25, 0.3) is 0 Å². The molecule has 0 radical (unpaired) electrons. The fourth-order valence-electron chi connectivity index (χ4n) is 2.80. The lowest BCUT2D eigenvalue weighted by Gasteiger charge is -2.16. The van der Waals surface area contributed by atoms with Gasteiger partial charge >= 0.3 is 5.97 Å². The van der Waals surface area contributed by atoms with E-state index in [1.54, 1.807) is 6.33 Å². The highest BCUT2D eigenvalue weighted by atomic mass is 16.4. The predicted molar refractivity (Wildman–Crippen MR) is 70.5 cm³/mol. The summed E-state index contributed by atoms with van der Waals surface area (Å²) in [5.74, 6) is 0.339. The van der Waals surface area contributed by atoms with Gasteiger partial charge in [-0.1, -0.05) is 13.3 Å². The molecule has 106 valence electrons. The smallest absolute Gasteiger partial charge is 0.306 e. The highest BCUT2D eigenvalue weighted by Crippen LogP contribution is 2.31. The van der Waals surface area contributed by atoms with Gasteiger partial charge in [-0.25, -0.2) is 9.67 Å². The molecule has 0 bridgehead atoms. The highest BCUT2D eigenvalue weighted by Gasteiger charge is 2.32. The molecule has 0 spiro atoms. The van der Waals surface area contributed by atoms with Crippen LogP contribution in [0.2, 0.25) is 0 Å². The van der Waals surface area contributed by atoms with E-state index in [2.05, 4.69) is 22.3 Å². The van der Waals surface area contributed by atoms with Crippen molar-refractivity contribution >= 4 is 5.97 Å². The van der Waals surface area contributed by atoms with Crippen LogP contribution in [-0.4, -0.2) is 32.4 Å². The third-order valence-corrected chi connectivity index (χ3v) is 3.80. The second-order valence-electron chi connectivity index (χ2n) is 5.17. The van der Waals surface area contributed by atoms with E-state index in [0.717, 1.165) is 44.6 Å². The lowest BCUT2D eigenvalue weighted by molar-refractivity contribution is -0.142. The van der Waals surface area contributed by atoms with Gasteiger partial charge in [0.2, 0.25) is 0 Å². The van der Waals surface area contributed by atoms with Crippen molar-refractivity contribution in [1.29, 1.82) is 0 Å². The van der Waals surface area contributed by atoms with Gasteiger partial charge in [-0.05, 0) is 31.7 Å². The van der Waals surface area contributed by atoms with E-state index in [1.807, 2.05) is 4.68 Å². The zero-order chi connectivity index (χ0) is 13.7. The maximum absolute atomic E-state index is 11.1. The first-order valence-corrected chi connectivity index (χ1v) is 7.02. The Balaban J connectivity index is 1.80. The van der Waals surface area contributed by atoms with Gasteiger partial charge in [-0.2, -0.15) is 5.10 Å². The van der Waals surface area contributed by atoms with Gasteiger partial charge in [0.1, 0.15) is 12.2 Å². The van der Waals surface area contributed by atoms with E-state index in [4.69, 9.17) is 5.11 Å². The number of nitrogens with one attached hydrogen (secondary N) is 1. The molecule has 2 atom stereocenters. The second-order valence-corrected chi connectivity index (χ2v) is 5.17. The Morgan fingerprint density at radius 1 is 1.58 bits per heavy atom. The monoisotopic (exact) mass is 266 g/mol. The zero-order valence-corrected chi connectivity index (χ0v) is 11.4. The van der Waals surface area contributed by atoms with Crippen molar-refractivity contribution in [2.24, 2.45) is 11.8 Å². The minimum absolute atomic E-state index is 0.180. The molecule has 6 nitrogen and oxygen atoms in total. The SMILES string of the molecule is CCCn1ncnc1CNCC1CCCC1C(=O)O. The molecule has 1 fully saturated rings. The molecule has 2 rings (SSSR count). The standard InChI is InChI=1S/C13H22N4O2/c1-2-6-17-12(15-9-16-17)8-14-7-10-4-3-5-11(10)13(18)19/h9-11,14H,2-8H2,1H3,(H,18,19). The van der Waals surface area contributed by atoms with Gasteiger partial charge in [-0.3, -0.25) is 4.79 Å². The van der Waals surface area contributed by atoms with E-state index in [0.29, 0.717) is 6.54 Å². The molecule has 0 saturated heterocycles. The number of carboxylic acid groups (broad SMARTS) is 1. The Labute approximate surface area is 113 Å². The molecule has 1 aromatic heterocycles. The van der Waals surface area contributed by atoms with Crippen molar-refractivity contribution in [3.8, 4) is 0 Å². The average Bonchev–Trinajstić information content (AvgIpc) is 2.99. The first-order chi connectivity index (χ1) is 9.22. The summed E-state index contributed by atoms with van der Waals surface area (Å²) in [6.45, 7) is 4.38. The van der Waals surface area contributed by atoms with Crippen LogP contribution in [0.25, 0.3) is 0 Å². The maximum Gasteiger partial charge on any atom is 0.306 e. The van der Waals surface area contributed by atoms with Crippen molar-refractivity contribution in [3.63, 3.8) is 0 Å². The molecular weight excluding hydrogens is 244 g/mol. The van der Waals surface area contributed by atoms with E-state index in [1.165, 1.54) is 0 Å². The lowest BCUT2D eigenvalue weighted by atomic mass is 9.96. The van der Waals surface area contributed by atoms with E-state index < -0.39 is 5.97 Å². The van der Waals surface area contributed by atoms with E-state index in [9.17, 15) is 4.79 Å². The minimum atomic E-state index is -0.654. The molecule has 6 heteroatoms. The van der Waals surface area contributed by atoms with Crippen LogP contribution in [-0.2, 0) is 17.9 Å². The van der Waals surface area contributed by atoms with Crippen LogP contribution in [0.3, 0.4) is 0 Å². The maximum atomic E-state index is 11.1. The van der Waals surface area contributed by atoms with Crippen LogP contribution in [0.5, 0.6) is 0 Å². The molecule has 2 N–H and O–H groups in total. The number of carboxylic acids is 1. The summed E-state index contributed by atoms with van der Waals surface area (Å²) < 4.78 is 1.90. The third-order valence-electron chi connectivity index (χ3n) is 3.80. The first kappa shape index (κ1) is 14.0. The Morgan fingerprint density at radius 3 is 3.16 bits per heavy atom. The first-order valence-electron chi connectivity index (χ1n) is 7.02. The summed E-state index contributed by atoms with van der Waals surface area (Å²) >= 11 is 0. The fraction of sp³-hybridized carbons (Fsp3) is 0.769. The van der Waals surface area contributed by atoms with Crippen LogP contribution in [0, 0.1) is 11.8 Å². The Hall–Kier alpha value is -1.43. The average molecular weight is 266 g/mol. The Kier molecular flexibility index (Phi) is 4.90. The van der Waals surface area contributed by atoms with Crippen LogP contribution in [0.4, 0.5) is 0 Å². The Bertz CT molecular complexity index is 419. The molecule has 0 amide bonds. The normalized spacial score (nSPS) is 22.8. The molecule has 1 saturated carbocycles. The van der Waals surface area contributed by atoms with Gasteiger partial charge in [0.15, 0.2) is 0 Å². The van der Waals surface area contributed by atoms with Gasteiger partial charge in [0, 0.05) is 6.54 Å². The van der Waals surface area contributed by atoms with E-state index in [-0.39, 0.29) is 11.8 Å². The number of rotatable bonds is 7. The predicted octanol–water partition coefficient (Wildman–Crippen LogP) is 1.28. The van der Waals surface area contributed by atoms with Crippen LogP contribution < -0.4 is 5.32 Å². The van der Waals surface area contributed by atoms with E-state index >= 15 is 0 Å². The molecule has 0 aromatic carbocycles. The molecule has 0 aliphatic heterocycles. The lowest BCUT2D eigenvalue weighted by Crippen LogP contribution is -2.29. The molecule has 1 heterocycles. The molecular formula is C13H22N4O2. The number of nitrogens with zero attached hydrogens (tertiary/aromatic N) is 3. The summed E-state index contributed by atoms with van der Waals surface area (Å²) in [5, 5.41) is 16.6. The number of hydrogen-bond donors (Lipinski definition) is 2. The van der Waals surface area contributed by atoms with Gasteiger partial charge in [0.05, 0.1) is 12.5 Å². The zero-order valence-electron chi connectivity index (χ0n) is 11.4. The van der Waals surface area contributed by atoms with Crippen LogP contribution in [0.1, 0.15) is 38.4 Å². The number of hydrogen-bond acceptors (Lipinski definition) is 4. The van der Waals surface area contributed by atoms with Crippen LogP contribution >= 0.6 is 0 Å². The molecule has 1 aromatic rings. The summed E-state index contributed by atoms with van der Waals surface area (Å²) in [5.41, 5.74) is 0. The molecule has 19 heavy (non-hydrogen) atoms. The number of aryl methyl sites for hydroxylation is 1. The molecule has 1 aliphatic carbocycles. The topological polar surface area (TPSA) is 80.0 Å².